The van der Waals surface area contributed by atoms with Crippen molar-refractivity contribution in [2.45, 2.75) is 6.92 Å². The summed E-state index contributed by atoms with van der Waals surface area (Å²) in [6.07, 6.45) is 8.49. The lowest BCUT2D eigenvalue weighted by Gasteiger charge is -2.05. The lowest BCUT2D eigenvalue weighted by molar-refractivity contribution is 0.427. The van der Waals surface area contributed by atoms with Crippen molar-refractivity contribution < 1.29 is 4.74 Å². The molecule has 0 bridgehead atoms. The van der Waals surface area contributed by atoms with Crippen molar-refractivity contribution in [3.05, 3.63) is 65.3 Å². The molecular formula is C14H13N3O2. The van der Waals surface area contributed by atoms with Gasteiger partial charge in [-0.05, 0) is 25.1 Å². The average Bonchev–Trinajstić information content (AvgIpc) is 2.43. The van der Waals surface area contributed by atoms with E-state index < -0.39 is 0 Å². The molecule has 0 saturated heterocycles. The van der Waals surface area contributed by atoms with Crippen LogP contribution < -0.4 is 10.3 Å². The highest BCUT2D eigenvalue weighted by Crippen LogP contribution is 2.15. The Morgan fingerprint density at radius 1 is 1.47 bits per heavy atom. The molecule has 2 rings (SSSR count). The lowest BCUT2D eigenvalue weighted by Crippen LogP contribution is -2.08. The van der Waals surface area contributed by atoms with Gasteiger partial charge in [0.05, 0.1) is 17.1 Å². The zero-order valence-corrected chi connectivity index (χ0v) is 10.5. The first-order chi connectivity index (χ1) is 9.24. The first-order valence-corrected chi connectivity index (χ1v) is 5.72. The first kappa shape index (κ1) is 12.8. The molecule has 0 aromatic carbocycles. The zero-order chi connectivity index (χ0) is 13.7. The Balaban J connectivity index is 2.34. The number of nitrogens with zero attached hydrogens (tertiary/aromatic N) is 2. The largest absolute Gasteiger partial charge is 0.439 e. The number of pyridine rings is 1. The van der Waals surface area contributed by atoms with Gasteiger partial charge in [-0.25, -0.2) is 10.1 Å². The van der Waals surface area contributed by atoms with Crippen molar-refractivity contribution in [2.75, 3.05) is 0 Å². The summed E-state index contributed by atoms with van der Waals surface area (Å²) >= 11 is 0. The van der Waals surface area contributed by atoms with Crippen LogP contribution in [0.15, 0.2) is 59.8 Å². The van der Waals surface area contributed by atoms with Gasteiger partial charge in [-0.3, -0.25) is 4.79 Å². The van der Waals surface area contributed by atoms with E-state index in [0.29, 0.717) is 22.5 Å². The van der Waals surface area contributed by atoms with Crippen LogP contribution in [0.5, 0.6) is 5.88 Å². The predicted octanol–water partition coefficient (Wildman–Crippen LogP) is 2.34. The van der Waals surface area contributed by atoms with Crippen LogP contribution in [0.4, 0.5) is 0 Å². The molecule has 1 N–H and O–H groups in total. The van der Waals surface area contributed by atoms with E-state index >= 15 is 0 Å². The van der Waals surface area contributed by atoms with E-state index in [2.05, 4.69) is 21.8 Å². The van der Waals surface area contributed by atoms with Gasteiger partial charge in [0.15, 0.2) is 0 Å². The highest BCUT2D eigenvalue weighted by Gasteiger charge is 2.03. The van der Waals surface area contributed by atoms with Crippen LogP contribution in [0, 0.1) is 0 Å². The third-order valence-electron chi connectivity index (χ3n) is 2.40. The summed E-state index contributed by atoms with van der Waals surface area (Å²) in [7, 11) is 0. The minimum absolute atomic E-state index is 0.269. The number of fused-ring (bicyclic) bond motifs is 1. The van der Waals surface area contributed by atoms with Gasteiger partial charge in [0.25, 0.3) is 5.56 Å². The third-order valence-corrected chi connectivity index (χ3v) is 2.40. The van der Waals surface area contributed by atoms with E-state index in [0.717, 1.165) is 0 Å². The minimum Gasteiger partial charge on any atom is -0.439 e. The number of aromatic amines is 1. The molecule has 0 aliphatic heterocycles. The maximum Gasteiger partial charge on any atom is 0.273 e. The molecule has 0 saturated carbocycles. The number of rotatable bonds is 4. The fourth-order valence-corrected chi connectivity index (χ4v) is 1.49. The molecule has 0 radical (unpaired) electrons. The Kier molecular flexibility index (Phi) is 3.87. The average molecular weight is 255 g/mol. The number of hydrogen-bond acceptors (Lipinski definition) is 4. The summed E-state index contributed by atoms with van der Waals surface area (Å²) in [6.45, 7) is 5.45. The normalized spacial score (nSPS) is 11.9. The highest BCUT2D eigenvalue weighted by molar-refractivity contribution is 5.76. The Morgan fingerprint density at radius 3 is 3.05 bits per heavy atom. The number of H-pyrrole nitrogens is 1. The smallest absolute Gasteiger partial charge is 0.273 e. The summed E-state index contributed by atoms with van der Waals surface area (Å²) in [6, 6.07) is 3.30. The van der Waals surface area contributed by atoms with Crippen molar-refractivity contribution in [2.24, 2.45) is 0 Å². The zero-order valence-electron chi connectivity index (χ0n) is 10.5. The molecule has 0 fully saturated rings. The van der Waals surface area contributed by atoms with Gasteiger partial charge in [0.1, 0.15) is 5.76 Å². The molecular weight excluding hydrogens is 242 g/mol. The second-order valence-corrected chi connectivity index (χ2v) is 3.67. The molecule has 19 heavy (non-hydrogen) atoms. The molecule has 0 unspecified atom stereocenters. The van der Waals surface area contributed by atoms with Crippen molar-refractivity contribution in [1.29, 1.82) is 0 Å². The lowest BCUT2D eigenvalue weighted by atomic mass is 10.3. The maximum atomic E-state index is 11.5. The van der Waals surface area contributed by atoms with Crippen molar-refractivity contribution in [3.63, 3.8) is 0 Å². The second kappa shape index (κ2) is 5.77. The quantitative estimate of drug-likeness (QED) is 0.672. The Labute approximate surface area is 110 Å². The summed E-state index contributed by atoms with van der Waals surface area (Å²) in [5.74, 6) is 1.05. The Morgan fingerprint density at radius 2 is 2.32 bits per heavy atom. The van der Waals surface area contributed by atoms with E-state index in [-0.39, 0.29) is 5.56 Å². The maximum absolute atomic E-state index is 11.5. The van der Waals surface area contributed by atoms with Crippen LogP contribution in [-0.2, 0) is 0 Å². The Hall–Kier alpha value is -2.69. The third kappa shape index (κ3) is 2.95. The van der Waals surface area contributed by atoms with Crippen LogP contribution in [-0.4, -0.2) is 15.2 Å². The highest BCUT2D eigenvalue weighted by atomic mass is 16.5. The molecule has 5 heteroatoms. The monoisotopic (exact) mass is 255 g/mol. The molecule has 5 nitrogen and oxygen atoms in total. The number of nitrogens with one attached hydrogen (secondary N) is 1. The molecule has 0 amide bonds. The molecule has 0 spiro atoms. The first-order valence-electron chi connectivity index (χ1n) is 5.72. The van der Waals surface area contributed by atoms with Gasteiger partial charge in [0, 0.05) is 6.07 Å². The summed E-state index contributed by atoms with van der Waals surface area (Å²) in [5.41, 5.74) is 0.221. The topological polar surface area (TPSA) is 67.9 Å². The van der Waals surface area contributed by atoms with Crippen LogP contribution >= 0.6 is 0 Å². The summed E-state index contributed by atoms with van der Waals surface area (Å²) < 4.78 is 5.59. The molecule has 2 heterocycles. The predicted molar refractivity (Wildman–Crippen MR) is 73.9 cm³/mol. The van der Waals surface area contributed by atoms with Crippen molar-refractivity contribution >= 4 is 10.9 Å². The van der Waals surface area contributed by atoms with Crippen LogP contribution in [0.3, 0.4) is 0 Å². The van der Waals surface area contributed by atoms with E-state index in [9.17, 15) is 4.79 Å². The summed E-state index contributed by atoms with van der Waals surface area (Å²) in [4.78, 5) is 15.7. The molecule has 2 aromatic rings. The van der Waals surface area contributed by atoms with Crippen LogP contribution in [0.2, 0.25) is 0 Å². The van der Waals surface area contributed by atoms with Gasteiger partial charge in [-0.2, -0.15) is 5.10 Å². The number of hydrogen-bond donors (Lipinski definition) is 1. The number of allylic oxidation sites excluding steroid dienone is 4. The fourth-order valence-electron chi connectivity index (χ4n) is 1.49. The van der Waals surface area contributed by atoms with E-state index in [4.69, 9.17) is 4.74 Å². The summed E-state index contributed by atoms with van der Waals surface area (Å²) in [5, 5.41) is 6.54. The van der Waals surface area contributed by atoms with Gasteiger partial charge in [-0.1, -0.05) is 18.7 Å². The van der Waals surface area contributed by atoms with Gasteiger partial charge >= 0.3 is 0 Å². The van der Waals surface area contributed by atoms with E-state index in [1.165, 1.54) is 6.20 Å². The molecule has 0 atom stereocenters. The number of ether oxygens (including phenoxy) is 1. The van der Waals surface area contributed by atoms with Crippen molar-refractivity contribution in [1.82, 2.24) is 15.2 Å². The minimum atomic E-state index is -0.269. The fraction of sp³-hybridized carbons (Fsp3) is 0.0714. The molecule has 96 valence electrons. The van der Waals surface area contributed by atoms with Gasteiger partial charge in [-0.15, -0.1) is 0 Å². The van der Waals surface area contributed by atoms with E-state index in [1.807, 2.05) is 13.0 Å². The molecule has 2 aromatic heterocycles. The Bertz CT molecular complexity index is 714. The van der Waals surface area contributed by atoms with Crippen LogP contribution in [0.25, 0.3) is 10.9 Å². The van der Waals surface area contributed by atoms with E-state index in [1.54, 1.807) is 30.4 Å². The standard InChI is InChI=1S/C14H13N3O2/c1-3-5-6-10(4-2)19-13-8-7-11-12(16-13)9-15-17-14(11)18/h3-9H,1H2,2H3,(H,17,18). The van der Waals surface area contributed by atoms with Crippen LogP contribution in [0.1, 0.15) is 6.92 Å². The second-order valence-electron chi connectivity index (χ2n) is 3.67. The molecule has 0 aliphatic carbocycles. The van der Waals surface area contributed by atoms with Gasteiger partial charge in [0.2, 0.25) is 5.88 Å². The SMILES string of the molecule is C=CC=CC(=CC)Oc1ccc2c(=O)[nH]ncc2n1. The van der Waals surface area contributed by atoms with Gasteiger partial charge < -0.3 is 4.74 Å². The van der Waals surface area contributed by atoms with Crippen molar-refractivity contribution in [3.8, 4) is 5.88 Å². The number of aromatic nitrogens is 3. The molecule has 0 aliphatic rings.